The molecule has 0 radical (unpaired) electrons. The molecule has 0 saturated carbocycles. The molecule has 4 heteroatoms. The van der Waals surface area contributed by atoms with E-state index in [1.165, 1.54) is 11.8 Å². The number of hydrogen-bond acceptors (Lipinski definition) is 3. The molecule has 1 N–H and O–H groups in total. The summed E-state index contributed by atoms with van der Waals surface area (Å²) in [6, 6.07) is 0. The number of nitrogens with one attached hydrogen (secondary N) is 1. The zero-order chi connectivity index (χ0) is 5.98. The first-order valence-corrected chi connectivity index (χ1v) is 3.59. The molecular formula is C4H7NO2S. The van der Waals surface area contributed by atoms with Crippen LogP contribution in [0, 0.1) is 0 Å². The van der Waals surface area contributed by atoms with E-state index in [0.29, 0.717) is 6.54 Å². The van der Waals surface area contributed by atoms with Crippen LogP contribution in [-0.4, -0.2) is 24.3 Å². The van der Waals surface area contributed by atoms with Crippen molar-refractivity contribution in [2.45, 2.75) is 5.44 Å². The Kier molecular flexibility index (Phi) is 1.62. The highest BCUT2D eigenvalue weighted by atomic mass is 32.2. The van der Waals surface area contributed by atoms with E-state index in [9.17, 15) is 4.79 Å². The van der Waals surface area contributed by atoms with Crippen LogP contribution in [0.25, 0.3) is 0 Å². The van der Waals surface area contributed by atoms with Gasteiger partial charge in [0.25, 0.3) is 0 Å². The van der Waals surface area contributed by atoms with Gasteiger partial charge in [-0.15, -0.1) is 11.8 Å². The second-order valence-corrected chi connectivity index (χ2v) is 2.45. The number of carbonyl (C=O) groups is 1. The number of cyclic esters (lactones) is 1. The van der Waals surface area contributed by atoms with Crippen molar-refractivity contribution in [3.8, 4) is 0 Å². The van der Waals surface area contributed by atoms with E-state index >= 15 is 0 Å². The van der Waals surface area contributed by atoms with Gasteiger partial charge >= 0.3 is 6.09 Å². The third kappa shape index (κ3) is 1.06. The maximum atomic E-state index is 10.3. The quantitative estimate of drug-likeness (QED) is 0.563. The molecular weight excluding hydrogens is 126 g/mol. The van der Waals surface area contributed by atoms with Gasteiger partial charge in [-0.3, -0.25) is 0 Å². The van der Waals surface area contributed by atoms with Gasteiger partial charge in [0.15, 0.2) is 5.44 Å². The van der Waals surface area contributed by atoms with E-state index in [4.69, 9.17) is 4.74 Å². The smallest absolute Gasteiger partial charge is 0.408 e. The van der Waals surface area contributed by atoms with E-state index in [0.717, 1.165) is 0 Å². The maximum Gasteiger partial charge on any atom is 0.408 e. The predicted molar refractivity (Wildman–Crippen MR) is 31.8 cm³/mol. The van der Waals surface area contributed by atoms with E-state index < -0.39 is 0 Å². The fourth-order valence-electron chi connectivity index (χ4n) is 0.501. The molecule has 0 aromatic heterocycles. The van der Waals surface area contributed by atoms with Crippen LogP contribution in [0.2, 0.25) is 0 Å². The minimum absolute atomic E-state index is 0.0301. The number of amides is 1. The van der Waals surface area contributed by atoms with Crippen molar-refractivity contribution in [2.24, 2.45) is 0 Å². The molecule has 0 spiro atoms. The van der Waals surface area contributed by atoms with Crippen molar-refractivity contribution in [1.82, 2.24) is 5.32 Å². The summed E-state index contributed by atoms with van der Waals surface area (Å²) in [6.45, 7) is 0.639. The molecule has 1 heterocycles. The van der Waals surface area contributed by atoms with Crippen LogP contribution in [0.4, 0.5) is 4.79 Å². The molecule has 0 aliphatic carbocycles. The van der Waals surface area contributed by atoms with Crippen LogP contribution >= 0.6 is 11.8 Å². The van der Waals surface area contributed by atoms with Gasteiger partial charge in [-0.2, -0.15) is 0 Å². The van der Waals surface area contributed by atoms with Crippen molar-refractivity contribution in [3.05, 3.63) is 0 Å². The highest BCUT2D eigenvalue weighted by Crippen LogP contribution is 2.10. The largest absolute Gasteiger partial charge is 0.433 e. The van der Waals surface area contributed by atoms with Gasteiger partial charge in [-0.05, 0) is 6.26 Å². The predicted octanol–water partition coefficient (Wildman–Crippen LogP) is 0.415. The summed E-state index contributed by atoms with van der Waals surface area (Å²) in [6.07, 6.45) is 1.61. The summed E-state index contributed by atoms with van der Waals surface area (Å²) in [7, 11) is 0. The normalized spacial score (nSPS) is 27.1. The Morgan fingerprint density at radius 3 is 3.00 bits per heavy atom. The average Bonchev–Trinajstić information content (AvgIpc) is 2.14. The van der Waals surface area contributed by atoms with Crippen LogP contribution in [0.5, 0.6) is 0 Å². The van der Waals surface area contributed by atoms with Crippen LogP contribution in [0.3, 0.4) is 0 Å². The molecule has 46 valence electrons. The molecule has 8 heavy (non-hydrogen) atoms. The number of thioether (sulfide) groups is 1. The second-order valence-electron chi connectivity index (χ2n) is 1.45. The highest BCUT2D eigenvalue weighted by Gasteiger charge is 2.20. The Morgan fingerprint density at radius 2 is 2.75 bits per heavy atom. The van der Waals surface area contributed by atoms with E-state index in [2.05, 4.69) is 5.32 Å². The SMILES string of the molecule is CSC1CNC(=O)O1. The molecule has 1 saturated heterocycles. The Labute approximate surface area is 51.8 Å². The van der Waals surface area contributed by atoms with Gasteiger partial charge in [0.1, 0.15) is 0 Å². The molecule has 1 amide bonds. The molecule has 0 aromatic carbocycles. The van der Waals surface area contributed by atoms with E-state index in [1.54, 1.807) is 0 Å². The summed E-state index contributed by atoms with van der Waals surface area (Å²) < 4.78 is 4.72. The third-order valence-electron chi connectivity index (χ3n) is 0.914. The summed E-state index contributed by atoms with van der Waals surface area (Å²) in [5, 5.41) is 2.54. The molecule has 3 nitrogen and oxygen atoms in total. The molecule has 1 atom stereocenters. The van der Waals surface area contributed by atoms with Gasteiger partial charge in [0.2, 0.25) is 0 Å². The van der Waals surface area contributed by atoms with Crippen molar-refractivity contribution < 1.29 is 9.53 Å². The standard InChI is InChI=1S/C4H7NO2S/c1-8-3-2-5-4(6)7-3/h3H,2H2,1H3,(H,5,6). The van der Waals surface area contributed by atoms with Crippen LogP contribution < -0.4 is 5.32 Å². The lowest BCUT2D eigenvalue weighted by Gasteiger charge is -1.99. The summed E-state index contributed by atoms with van der Waals surface area (Å²) in [5.41, 5.74) is 0.0301. The Bertz CT molecular complexity index is 106. The zero-order valence-corrected chi connectivity index (χ0v) is 5.33. The lowest BCUT2D eigenvalue weighted by atomic mass is 10.7. The number of rotatable bonds is 1. The number of ether oxygens (including phenoxy) is 1. The highest BCUT2D eigenvalue weighted by molar-refractivity contribution is 7.99. The van der Waals surface area contributed by atoms with Crippen LogP contribution in [0.15, 0.2) is 0 Å². The average molecular weight is 133 g/mol. The fraction of sp³-hybridized carbons (Fsp3) is 0.750. The Balaban J connectivity index is 2.32. The van der Waals surface area contributed by atoms with Crippen molar-refractivity contribution in [2.75, 3.05) is 12.8 Å². The van der Waals surface area contributed by atoms with Crippen LogP contribution in [-0.2, 0) is 4.74 Å². The maximum absolute atomic E-state index is 10.3. The first-order valence-electron chi connectivity index (χ1n) is 2.30. The summed E-state index contributed by atoms with van der Waals surface area (Å²) in [5.74, 6) is 0. The molecule has 0 aromatic rings. The zero-order valence-electron chi connectivity index (χ0n) is 4.51. The monoisotopic (exact) mass is 133 g/mol. The van der Waals surface area contributed by atoms with Crippen molar-refractivity contribution in [3.63, 3.8) is 0 Å². The second kappa shape index (κ2) is 2.26. The van der Waals surface area contributed by atoms with Gasteiger partial charge in [-0.25, -0.2) is 4.79 Å². The third-order valence-corrected chi connectivity index (χ3v) is 1.70. The first-order chi connectivity index (χ1) is 3.83. The summed E-state index contributed by atoms with van der Waals surface area (Å²) in [4.78, 5) is 10.3. The van der Waals surface area contributed by atoms with Crippen molar-refractivity contribution >= 4 is 17.9 Å². The minimum Gasteiger partial charge on any atom is -0.433 e. The topological polar surface area (TPSA) is 38.3 Å². The molecule has 1 fully saturated rings. The van der Waals surface area contributed by atoms with E-state index in [1.807, 2.05) is 6.26 Å². The summed E-state index contributed by atoms with van der Waals surface area (Å²) >= 11 is 1.53. The fourth-order valence-corrected chi connectivity index (χ4v) is 0.934. The first kappa shape index (κ1) is 5.75. The van der Waals surface area contributed by atoms with Gasteiger partial charge in [-0.1, -0.05) is 0 Å². The van der Waals surface area contributed by atoms with Crippen LogP contribution in [0.1, 0.15) is 0 Å². The van der Waals surface area contributed by atoms with E-state index in [-0.39, 0.29) is 11.5 Å². The van der Waals surface area contributed by atoms with Gasteiger partial charge < -0.3 is 10.1 Å². The number of alkyl carbamates (subject to hydrolysis) is 1. The molecule has 1 aliphatic heterocycles. The Hall–Kier alpha value is -0.380. The van der Waals surface area contributed by atoms with Gasteiger partial charge in [0.05, 0.1) is 6.54 Å². The lowest BCUT2D eigenvalue weighted by Crippen LogP contribution is -2.12. The van der Waals surface area contributed by atoms with Crippen molar-refractivity contribution in [1.29, 1.82) is 0 Å². The Morgan fingerprint density at radius 1 is 2.00 bits per heavy atom. The molecule has 1 rings (SSSR count). The van der Waals surface area contributed by atoms with Gasteiger partial charge in [0, 0.05) is 0 Å². The molecule has 1 unspecified atom stereocenters. The number of carbonyl (C=O) groups excluding carboxylic acids is 1. The molecule has 1 aliphatic rings. The lowest BCUT2D eigenvalue weighted by molar-refractivity contribution is 0.170. The number of hydrogen-bond donors (Lipinski definition) is 1. The minimum atomic E-state index is -0.302. The molecule has 0 bridgehead atoms.